The highest BCUT2D eigenvalue weighted by Crippen LogP contribution is 2.28. The van der Waals surface area contributed by atoms with E-state index in [1.807, 2.05) is 0 Å². The summed E-state index contributed by atoms with van der Waals surface area (Å²) in [4.78, 5) is 33.8. The number of carbonyl (C=O) groups is 2. The molecule has 0 fully saturated rings. The topological polar surface area (TPSA) is 188 Å². The van der Waals surface area contributed by atoms with Gasteiger partial charge in [-0.05, 0) is 63.4 Å². The molecule has 52 heavy (non-hydrogen) atoms. The Morgan fingerprint density at radius 2 is 1.56 bits per heavy atom. The summed E-state index contributed by atoms with van der Waals surface area (Å²) in [5, 5.41) is 15.8. The molecule has 0 radical (unpaired) electrons. The maximum Gasteiger partial charge on any atom is 0.310 e. The van der Waals surface area contributed by atoms with Gasteiger partial charge in [0.15, 0.2) is 5.82 Å². The lowest BCUT2D eigenvalue weighted by Crippen LogP contribution is -2.19. The minimum absolute atomic E-state index is 0.000487. The van der Waals surface area contributed by atoms with E-state index in [0.29, 0.717) is 33.9 Å². The first kappa shape index (κ1) is 35.5. The van der Waals surface area contributed by atoms with Crippen molar-refractivity contribution in [3.63, 3.8) is 0 Å². The molecule has 0 aliphatic carbocycles. The molecule has 16 heteroatoms. The molecule has 0 aliphatic heterocycles. The van der Waals surface area contributed by atoms with Crippen LogP contribution in [0.25, 0.3) is 0 Å². The summed E-state index contributed by atoms with van der Waals surface area (Å²) in [7, 11) is -2.43. The zero-order valence-corrected chi connectivity index (χ0v) is 29.0. The standard InChI is InChI=1S/C36H30ClN7O7S/c1-38-33(46)28-12-5-6-13-30(28)41-32-29(37)20-39-36(42-32)40-26-9-7-8-25(18-26)19-31(45)49-21-23-14-16-24(17-15-23)22-50-34-35(44-51-43-34)52(47,48)27-10-3-2-4-11-27/h2-18,20H,19,21-22H2,1H3,(H,38,46)(H2,39,40,41,42). The van der Waals surface area contributed by atoms with Crippen LogP contribution >= 0.6 is 11.6 Å². The summed E-state index contributed by atoms with van der Waals surface area (Å²) in [6, 6.07) is 29.0. The Morgan fingerprint density at radius 1 is 0.827 bits per heavy atom. The second-order valence-corrected chi connectivity index (χ2v) is 13.4. The fourth-order valence-corrected chi connectivity index (χ4v) is 6.19. The molecule has 2 heterocycles. The molecule has 0 unspecified atom stereocenters. The van der Waals surface area contributed by atoms with Crippen molar-refractivity contribution in [2.45, 2.75) is 29.6 Å². The number of benzene rings is 4. The predicted octanol–water partition coefficient (Wildman–Crippen LogP) is 6.06. The maximum absolute atomic E-state index is 12.9. The van der Waals surface area contributed by atoms with E-state index < -0.39 is 20.8 Å². The van der Waals surface area contributed by atoms with Gasteiger partial charge in [0.1, 0.15) is 18.2 Å². The molecule has 264 valence electrons. The van der Waals surface area contributed by atoms with E-state index in [0.717, 1.165) is 5.56 Å². The van der Waals surface area contributed by atoms with Crippen molar-refractivity contribution in [3.8, 4) is 5.88 Å². The van der Waals surface area contributed by atoms with Crippen molar-refractivity contribution in [2.24, 2.45) is 0 Å². The molecule has 2 aromatic heterocycles. The number of ether oxygens (including phenoxy) is 2. The van der Waals surface area contributed by atoms with Crippen molar-refractivity contribution in [3.05, 3.63) is 137 Å². The number of nitrogens with one attached hydrogen (secondary N) is 3. The number of sulfone groups is 1. The summed E-state index contributed by atoms with van der Waals surface area (Å²) in [5.74, 6) is -0.400. The summed E-state index contributed by atoms with van der Waals surface area (Å²) < 4.78 is 41.6. The van der Waals surface area contributed by atoms with Gasteiger partial charge in [0.2, 0.25) is 15.8 Å². The Morgan fingerprint density at radius 3 is 2.33 bits per heavy atom. The Kier molecular flexibility index (Phi) is 11.0. The fraction of sp³-hybridized carbons (Fsp3) is 0.111. The van der Waals surface area contributed by atoms with E-state index in [9.17, 15) is 18.0 Å². The van der Waals surface area contributed by atoms with Crippen LogP contribution in [0.3, 0.4) is 0 Å². The van der Waals surface area contributed by atoms with Gasteiger partial charge >= 0.3 is 5.97 Å². The number of rotatable bonds is 14. The van der Waals surface area contributed by atoms with Crippen molar-refractivity contribution in [1.29, 1.82) is 0 Å². The first-order valence-electron chi connectivity index (χ1n) is 15.6. The van der Waals surface area contributed by atoms with Gasteiger partial charge < -0.3 is 25.4 Å². The number of nitrogens with zero attached hydrogens (tertiary/aromatic N) is 4. The fourth-order valence-electron chi connectivity index (χ4n) is 4.86. The molecular formula is C36H30ClN7O7S. The molecular weight excluding hydrogens is 710 g/mol. The van der Waals surface area contributed by atoms with Gasteiger partial charge in [-0.1, -0.05) is 78.3 Å². The van der Waals surface area contributed by atoms with Gasteiger partial charge in [0.25, 0.3) is 16.8 Å². The van der Waals surface area contributed by atoms with Crippen LogP contribution in [0.15, 0.2) is 124 Å². The molecule has 6 rings (SSSR count). The van der Waals surface area contributed by atoms with E-state index in [1.54, 1.807) is 98.0 Å². The van der Waals surface area contributed by atoms with Crippen LogP contribution in [0.4, 0.5) is 23.1 Å². The Labute approximate surface area is 303 Å². The summed E-state index contributed by atoms with van der Waals surface area (Å²) >= 11 is 6.35. The number of esters is 1. The number of anilines is 4. The third-order valence-electron chi connectivity index (χ3n) is 7.46. The highest BCUT2D eigenvalue weighted by atomic mass is 35.5. The zero-order valence-electron chi connectivity index (χ0n) is 27.4. The van der Waals surface area contributed by atoms with Gasteiger partial charge in [-0.3, -0.25) is 9.59 Å². The van der Waals surface area contributed by atoms with E-state index >= 15 is 0 Å². The van der Waals surface area contributed by atoms with Crippen molar-refractivity contribution >= 4 is 56.5 Å². The molecule has 4 aromatic carbocycles. The molecule has 0 atom stereocenters. The molecule has 0 spiro atoms. The lowest BCUT2D eigenvalue weighted by atomic mass is 10.1. The van der Waals surface area contributed by atoms with E-state index in [2.05, 4.69) is 40.9 Å². The zero-order chi connectivity index (χ0) is 36.5. The average molecular weight is 740 g/mol. The molecule has 0 aliphatic rings. The smallest absolute Gasteiger partial charge is 0.310 e. The minimum atomic E-state index is -3.98. The monoisotopic (exact) mass is 739 g/mol. The molecule has 1 amide bonds. The Hall–Kier alpha value is -6.32. The minimum Gasteiger partial charge on any atom is -0.469 e. The SMILES string of the molecule is CNC(=O)c1ccccc1Nc1nc(Nc2cccc(CC(=O)OCc3ccc(COc4nonc4S(=O)(=O)c4ccccc4)cc3)c2)ncc1Cl. The number of hydrogen-bond donors (Lipinski definition) is 3. The lowest BCUT2D eigenvalue weighted by Gasteiger charge is -2.13. The second kappa shape index (κ2) is 16.1. The summed E-state index contributed by atoms with van der Waals surface area (Å²) in [5.41, 5.74) is 3.73. The first-order valence-corrected chi connectivity index (χ1v) is 17.5. The van der Waals surface area contributed by atoms with Crippen molar-refractivity contribution in [1.82, 2.24) is 25.6 Å². The van der Waals surface area contributed by atoms with Crippen LogP contribution < -0.4 is 20.7 Å². The molecule has 6 aromatic rings. The van der Waals surface area contributed by atoms with Crippen molar-refractivity contribution in [2.75, 3.05) is 17.7 Å². The second-order valence-electron chi connectivity index (χ2n) is 11.1. The van der Waals surface area contributed by atoms with Gasteiger partial charge in [-0.2, -0.15) is 4.98 Å². The highest BCUT2D eigenvalue weighted by molar-refractivity contribution is 7.91. The van der Waals surface area contributed by atoms with Crippen molar-refractivity contribution < 1.29 is 32.1 Å². The molecule has 14 nitrogen and oxygen atoms in total. The number of aromatic nitrogens is 4. The van der Waals surface area contributed by atoms with Crippen LogP contribution in [0.2, 0.25) is 5.02 Å². The normalized spacial score (nSPS) is 11.0. The number of halogens is 1. The van der Waals surface area contributed by atoms with Crippen LogP contribution in [-0.2, 0) is 39.0 Å². The van der Waals surface area contributed by atoms with Crippen LogP contribution in [0.5, 0.6) is 5.88 Å². The molecule has 0 saturated heterocycles. The quantitative estimate of drug-likeness (QED) is 0.110. The van der Waals surface area contributed by atoms with Gasteiger partial charge in [-0.15, -0.1) is 0 Å². The summed E-state index contributed by atoms with van der Waals surface area (Å²) in [6.45, 7) is 0.0442. The van der Waals surface area contributed by atoms with E-state index in [4.69, 9.17) is 21.1 Å². The number of hydrogen-bond acceptors (Lipinski definition) is 13. The van der Waals surface area contributed by atoms with Crippen LogP contribution in [0.1, 0.15) is 27.0 Å². The van der Waals surface area contributed by atoms with Gasteiger partial charge in [0.05, 0.1) is 28.8 Å². The number of amides is 1. The number of para-hydroxylation sites is 1. The van der Waals surface area contributed by atoms with Gasteiger partial charge in [-0.25, -0.2) is 18.0 Å². The van der Waals surface area contributed by atoms with E-state index in [1.165, 1.54) is 18.3 Å². The van der Waals surface area contributed by atoms with Gasteiger partial charge in [0, 0.05) is 12.7 Å². The lowest BCUT2D eigenvalue weighted by molar-refractivity contribution is -0.144. The first-order chi connectivity index (χ1) is 25.2. The maximum atomic E-state index is 12.9. The van der Waals surface area contributed by atoms with Crippen LogP contribution in [-0.4, -0.2) is 47.6 Å². The summed E-state index contributed by atoms with van der Waals surface area (Å²) in [6.07, 6.45) is 1.46. The largest absolute Gasteiger partial charge is 0.469 e. The molecule has 0 saturated carbocycles. The Balaban J connectivity index is 1.01. The predicted molar refractivity (Wildman–Crippen MR) is 190 cm³/mol. The third-order valence-corrected chi connectivity index (χ3v) is 9.39. The highest BCUT2D eigenvalue weighted by Gasteiger charge is 2.28. The average Bonchev–Trinajstić information content (AvgIpc) is 3.65. The third kappa shape index (κ3) is 8.69. The van der Waals surface area contributed by atoms with E-state index in [-0.39, 0.29) is 47.3 Å². The molecule has 0 bridgehead atoms. The Bertz CT molecular complexity index is 2300. The number of carbonyl (C=O) groups excluding carboxylic acids is 2. The molecule has 3 N–H and O–H groups in total. The van der Waals surface area contributed by atoms with Crippen LogP contribution in [0, 0.1) is 0 Å².